The second kappa shape index (κ2) is 11.9. The van der Waals surface area contributed by atoms with Gasteiger partial charge in [-0.15, -0.1) is 0 Å². The Kier molecular flexibility index (Phi) is 8.34. The highest BCUT2D eigenvalue weighted by atomic mass is 32.2. The zero-order valence-electron chi connectivity index (χ0n) is 21.9. The lowest BCUT2D eigenvalue weighted by atomic mass is 10.1. The fourth-order valence-corrected chi connectivity index (χ4v) is 6.43. The van der Waals surface area contributed by atoms with Crippen LogP contribution in [0.5, 0.6) is 0 Å². The van der Waals surface area contributed by atoms with E-state index in [9.17, 15) is 8.42 Å². The molecule has 0 spiro atoms. The predicted octanol–water partition coefficient (Wildman–Crippen LogP) is 2.70. The molecule has 3 aromatic rings. The van der Waals surface area contributed by atoms with Crippen LogP contribution in [0.1, 0.15) is 24.7 Å². The van der Waals surface area contributed by atoms with Crippen molar-refractivity contribution in [2.75, 3.05) is 65.0 Å². The smallest absolute Gasteiger partial charge is 0.243 e. The first-order valence-electron chi connectivity index (χ1n) is 13.0. The van der Waals surface area contributed by atoms with E-state index in [1.807, 2.05) is 19.2 Å². The number of hydrogen-bond acceptors (Lipinski definition) is 9. The second-order valence-electron chi connectivity index (χ2n) is 9.56. The van der Waals surface area contributed by atoms with E-state index in [4.69, 9.17) is 14.5 Å². The van der Waals surface area contributed by atoms with E-state index in [0.717, 1.165) is 49.8 Å². The van der Waals surface area contributed by atoms with Crippen LogP contribution in [0.15, 0.2) is 47.6 Å². The number of sulfonamides is 1. The lowest BCUT2D eigenvalue weighted by Gasteiger charge is -2.33. The van der Waals surface area contributed by atoms with Crippen LogP contribution in [0.25, 0.3) is 11.4 Å². The van der Waals surface area contributed by atoms with Crippen LogP contribution in [0, 0.1) is 6.92 Å². The molecule has 0 bridgehead atoms. The molecule has 11 nitrogen and oxygen atoms in total. The first kappa shape index (κ1) is 26.7. The van der Waals surface area contributed by atoms with Gasteiger partial charge in [0, 0.05) is 71.0 Å². The summed E-state index contributed by atoms with van der Waals surface area (Å²) < 4.78 is 40.8. The summed E-state index contributed by atoms with van der Waals surface area (Å²) in [6, 6.07) is 8.95. The minimum Gasteiger partial charge on any atom is -0.383 e. The highest BCUT2D eigenvalue weighted by Gasteiger charge is 2.28. The molecular formula is C26H35N7O4S. The Morgan fingerprint density at radius 2 is 1.79 bits per heavy atom. The van der Waals surface area contributed by atoms with Crippen molar-refractivity contribution in [2.45, 2.75) is 30.7 Å². The molecule has 1 aromatic carbocycles. The molecule has 2 aliphatic heterocycles. The highest BCUT2D eigenvalue weighted by Crippen LogP contribution is 2.30. The minimum atomic E-state index is -3.55. The Morgan fingerprint density at radius 1 is 1.05 bits per heavy atom. The largest absolute Gasteiger partial charge is 0.383 e. The molecule has 2 saturated heterocycles. The highest BCUT2D eigenvalue weighted by molar-refractivity contribution is 7.89. The van der Waals surface area contributed by atoms with Crippen molar-refractivity contribution >= 4 is 21.7 Å². The van der Waals surface area contributed by atoms with Crippen LogP contribution in [0.2, 0.25) is 0 Å². The van der Waals surface area contributed by atoms with Gasteiger partial charge in [-0.2, -0.15) is 4.31 Å². The second-order valence-corrected chi connectivity index (χ2v) is 11.5. The molecule has 12 heteroatoms. The molecule has 2 aromatic heterocycles. The molecule has 204 valence electrons. The predicted molar refractivity (Wildman–Crippen MR) is 144 cm³/mol. The lowest BCUT2D eigenvalue weighted by molar-refractivity contribution is 0.0694. The normalized spacial score (nSPS) is 18.1. The maximum Gasteiger partial charge on any atom is 0.243 e. The van der Waals surface area contributed by atoms with Crippen LogP contribution in [-0.4, -0.2) is 96.8 Å². The van der Waals surface area contributed by atoms with Gasteiger partial charge in [-0.05, 0) is 50.1 Å². The topological polar surface area (TPSA) is 115 Å². The number of nitrogens with zero attached hydrogens (tertiary/aromatic N) is 6. The van der Waals surface area contributed by atoms with Crippen LogP contribution in [0.3, 0.4) is 0 Å². The third-order valence-electron chi connectivity index (χ3n) is 7.15. The molecule has 1 N–H and O–H groups in total. The van der Waals surface area contributed by atoms with Gasteiger partial charge < -0.3 is 19.4 Å². The molecule has 0 saturated carbocycles. The fourth-order valence-electron chi connectivity index (χ4n) is 5.01. The summed E-state index contributed by atoms with van der Waals surface area (Å²) in [5.74, 6) is 1.39. The zero-order valence-corrected chi connectivity index (χ0v) is 22.7. The van der Waals surface area contributed by atoms with Crippen molar-refractivity contribution in [1.29, 1.82) is 0 Å². The van der Waals surface area contributed by atoms with Gasteiger partial charge in [-0.3, -0.25) is 4.90 Å². The number of piperazine rings is 1. The van der Waals surface area contributed by atoms with Crippen LogP contribution < -0.4 is 5.32 Å². The Bertz CT molecular complexity index is 1320. The van der Waals surface area contributed by atoms with Gasteiger partial charge in [0.1, 0.15) is 5.82 Å². The first-order chi connectivity index (χ1) is 18.5. The van der Waals surface area contributed by atoms with E-state index < -0.39 is 10.0 Å². The van der Waals surface area contributed by atoms with Crippen molar-refractivity contribution in [3.63, 3.8) is 0 Å². The number of anilines is 2. The number of aromatic nitrogens is 4. The van der Waals surface area contributed by atoms with Gasteiger partial charge in [0.05, 0.1) is 29.1 Å². The third kappa shape index (κ3) is 5.89. The van der Waals surface area contributed by atoms with Crippen molar-refractivity contribution < 1.29 is 17.9 Å². The monoisotopic (exact) mass is 541 g/mol. The van der Waals surface area contributed by atoms with E-state index in [2.05, 4.69) is 24.8 Å². The molecule has 38 heavy (non-hydrogen) atoms. The van der Waals surface area contributed by atoms with E-state index in [1.54, 1.807) is 41.9 Å². The van der Waals surface area contributed by atoms with Gasteiger partial charge in [-0.1, -0.05) is 0 Å². The number of aryl methyl sites for hydroxylation is 1. The summed E-state index contributed by atoms with van der Waals surface area (Å²) in [7, 11) is -1.88. The Balaban J connectivity index is 1.27. The molecular weight excluding hydrogens is 506 g/mol. The molecule has 0 amide bonds. The molecule has 0 aliphatic carbocycles. The van der Waals surface area contributed by atoms with Gasteiger partial charge in [0.2, 0.25) is 16.0 Å². The Labute approximate surface area is 223 Å². The van der Waals surface area contributed by atoms with E-state index in [-0.39, 0.29) is 4.90 Å². The molecule has 2 aliphatic rings. The summed E-state index contributed by atoms with van der Waals surface area (Å²) in [5.41, 5.74) is 2.43. The maximum atomic E-state index is 13.2. The fraction of sp³-hybridized carbons (Fsp3) is 0.500. The average Bonchev–Trinajstić information content (AvgIpc) is 3.34. The van der Waals surface area contributed by atoms with Crippen molar-refractivity contribution in [3.05, 3.63) is 48.5 Å². The van der Waals surface area contributed by atoms with E-state index in [0.29, 0.717) is 50.5 Å². The summed E-state index contributed by atoms with van der Waals surface area (Å²) in [6.45, 7) is 7.29. The average molecular weight is 542 g/mol. The standard InChI is InChI=1S/C26H35N7O4S/c1-20-28-19-25(33(20)22-8-16-37-17-9-22)24-7-10-27-26(30-24)29-21-3-5-23(6-4-21)38(34,35)32-13-11-31(12-14-32)15-18-36-2/h3-7,10,19,22H,8-9,11-18H2,1-2H3,(H,27,29,30). The van der Waals surface area contributed by atoms with Gasteiger partial charge in [0.25, 0.3) is 0 Å². The van der Waals surface area contributed by atoms with Crippen molar-refractivity contribution in [2.24, 2.45) is 0 Å². The number of methoxy groups -OCH3 is 1. The summed E-state index contributed by atoms with van der Waals surface area (Å²) in [4.78, 5) is 16.1. The minimum absolute atomic E-state index is 0.277. The quantitative estimate of drug-likeness (QED) is 0.437. The summed E-state index contributed by atoms with van der Waals surface area (Å²) in [6.07, 6.45) is 5.46. The number of hydrogen-bond donors (Lipinski definition) is 1. The van der Waals surface area contributed by atoms with Crippen molar-refractivity contribution in [3.8, 4) is 11.4 Å². The van der Waals surface area contributed by atoms with Gasteiger partial charge in [-0.25, -0.2) is 23.4 Å². The van der Waals surface area contributed by atoms with Crippen LogP contribution >= 0.6 is 0 Å². The van der Waals surface area contributed by atoms with Crippen molar-refractivity contribution in [1.82, 2.24) is 28.7 Å². The van der Waals surface area contributed by atoms with Crippen LogP contribution in [-0.2, 0) is 19.5 Å². The summed E-state index contributed by atoms with van der Waals surface area (Å²) in [5, 5.41) is 3.20. The Morgan fingerprint density at radius 3 is 2.50 bits per heavy atom. The molecule has 0 atom stereocenters. The maximum absolute atomic E-state index is 13.2. The number of imidazole rings is 1. The van der Waals surface area contributed by atoms with E-state index in [1.165, 1.54) is 0 Å². The van der Waals surface area contributed by atoms with Crippen LogP contribution in [0.4, 0.5) is 11.6 Å². The number of ether oxygens (including phenoxy) is 2. The summed E-state index contributed by atoms with van der Waals surface area (Å²) >= 11 is 0. The number of nitrogens with one attached hydrogen (secondary N) is 1. The zero-order chi connectivity index (χ0) is 26.5. The molecule has 4 heterocycles. The SMILES string of the molecule is COCCN1CCN(S(=O)(=O)c2ccc(Nc3nccc(-c4cnc(C)n4C4CCOCC4)n3)cc2)CC1. The Hall–Kier alpha value is -2.90. The molecule has 0 radical (unpaired) electrons. The van der Waals surface area contributed by atoms with Gasteiger partial charge >= 0.3 is 0 Å². The number of rotatable bonds is 9. The van der Waals surface area contributed by atoms with Gasteiger partial charge in [0.15, 0.2) is 0 Å². The molecule has 2 fully saturated rings. The lowest BCUT2D eigenvalue weighted by Crippen LogP contribution is -2.49. The molecule has 0 unspecified atom stereocenters. The first-order valence-corrected chi connectivity index (χ1v) is 14.4. The van der Waals surface area contributed by atoms with E-state index >= 15 is 0 Å². The third-order valence-corrected chi connectivity index (χ3v) is 9.06. The number of benzene rings is 1. The molecule has 5 rings (SSSR count).